The molecule has 0 amide bonds. The first kappa shape index (κ1) is 19.2. The molecule has 0 saturated carbocycles. The van der Waals surface area contributed by atoms with Crippen LogP contribution in [0.15, 0.2) is 47.3 Å². The van der Waals surface area contributed by atoms with Gasteiger partial charge < -0.3 is 20.6 Å². The lowest BCUT2D eigenvalue weighted by Gasteiger charge is -2.38. The molecule has 3 aliphatic heterocycles. The first-order chi connectivity index (χ1) is 14.6. The molecule has 30 heavy (non-hydrogen) atoms. The van der Waals surface area contributed by atoms with Gasteiger partial charge in [0.15, 0.2) is 0 Å². The zero-order valence-corrected chi connectivity index (χ0v) is 17.4. The van der Waals surface area contributed by atoms with Crippen LogP contribution in [0.2, 0.25) is 5.02 Å². The summed E-state index contributed by atoms with van der Waals surface area (Å²) >= 11 is 6.02. The monoisotopic (exact) mass is 421 g/mol. The summed E-state index contributed by atoms with van der Waals surface area (Å²) in [6, 6.07) is 12.7. The fourth-order valence-electron chi connectivity index (χ4n) is 4.46. The van der Waals surface area contributed by atoms with Crippen molar-refractivity contribution in [2.75, 3.05) is 25.4 Å². The van der Waals surface area contributed by atoms with Crippen molar-refractivity contribution in [1.82, 2.24) is 19.9 Å². The number of nitrogens with two attached hydrogens (primary N) is 1. The van der Waals surface area contributed by atoms with Crippen molar-refractivity contribution in [2.45, 2.75) is 19.3 Å². The Hall–Kier alpha value is -2.83. The lowest BCUT2D eigenvalue weighted by molar-refractivity contribution is 0.111. The highest BCUT2D eigenvalue weighted by Gasteiger charge is 2.24. The standard InChI is InChI=1S/C16H11ClN4O.C7H13N/c17-8-5-6-10-9(7-8)14(18)13(16(22)21-10)15-19-11-3-1-2-4-12(11)20-15;1-4-8-5-2-7(1)3-6-8/h1-7H,(H,19,20)(H3,18,21,22);7H,1-6H2. The van der Waals surface area contributed by atoms with Crippen molar-refractivity contribution in [3.05, 3.63) is 57.8 Å². The summed E-state index contributed by atoms with van der Waals surface area (Å²) in [6.45, 7) is 4.18. The Morgan fingerprint density at radius 2 is 1.73 bits per heavy atom. The first-order valence-electron chi connectivity index (χ1n) is 10.4. The number of fused-ring (bicyclic) bond motifs is 5. The largest absolute Gasteiger partial charge is 0.397 e. The molecule has 0 atom stereocenters. The average Bonchev–Trinajstić information content (AvgIpc) is 3.20. The van der Waals surface area contributed by atoms with Crippen molar-refractivity contribution >= 4 is 39.2 Å². The highest BCUT2D eigenvalue weighted by molar-refractivity contribution is 6.31. The Labute approximate surface area is 179 Å². The van der Waals surface area contributed by atoms with Crippen molar-refractivity contribution < 1.29 is 0 Å². The Morgan fingerprint density at radius 1 is 1.00 bits per heavy atom. The van der Waals surface area contributed by atoms with Gasteiger partial charge in [0.1, 0.15) is 11.4 Å². The van der Waals surface area contributed by atoms with E-state index in [1.165, 1.54) is 38.9 Å². The zero-order chi connectivity index (χ0) is 20.7. The van der Waals surface area contributed by atoms with Crippen LogP contribution in [-0.2, 0) is 0 Å². The van der Waals surface area contributed by atoms with Gasteiger partial charge in [-0.1, -0.05) is 23.7 Å². The van der Waals surface area contributed by atoms with Crippen LogP contribution in [0.3, 0.4) is 0 Å². The van der Waals surface area contributed by atoms with Crippen LogP contribution in [0, 0.1) is 5.92 Å². The van der Waals surface area contributed by atoms with E-state index in [0.29, 0.717) is 33.0 Å². The maximum atomic E-state index is 12.4. The van der Waals surface area contributed by atoms with E-state index in [2.05, 4.69) is 19.9 Å². The van der Waals surface area contributed by atoms with E-state index in [9.17, 15) is 4.79 Å². The number of imidazole rings is 1. The smallest absolute Gasteiger partial charge is 0.261 e. The van der Waals surface area contributed by atoms with Gasteiger partial charge in [-0.3, -0.25) is 4.79 Å². The van der Waals surface area contributed by atoms with Gasteiger partial charge in [0.25, 0.3) is 5.56 Å². The summed E-state index contributed by atoms with van der Waals surface area (Å²) in [5.41, 5.74) is 8.88. The van der Waals surface area contributed by atoms with E-state index < -0.39 is 0 Å². The number of pyridine rings is 1. The molecule has 4 aromatic rings. The number of aromatic amines is 2. The molecule has 6 nitrogen and oxygen atoms in total. The van der Waals surface area contributed by atoms with E-state index >= 15 is 0 Å². The number of nitrogen functional groups attached to an aromatic ring is 1. The molecule has 0 radical (unpaired) electrons. The van der Waals surface area contributed by atoms with Crippen LogP contribution in [0.25, 0.3) is 33.3 Å². The van der Waals surface area contributed by atoms with Gasteiger partial charge in [-0.15, -0.1) is 0 Å². The molecule has 0 unspecified atom stereocenters. The van der Waals surface area contributed by atoms with Crippen LogP contribution < -0.4 is 11.3 Å². The van der Waals surface area contributed by atoms with Crippen molar-refractivity contribution in [1.29, 1.82) is 0 Å². The molecule has 2 bridgehead atoms. The van der Waals surface area contributed by atoms with Gasteiger partial charge in [0.2, 0.25) is 0 Å². The summed E-state index contributed by atoms with van der Waals surface area (Å²) in [7, 11) is 0. The highest BCUT2D eigenvalue weighted by Crippen LogP contribution is 2.29. The van der Waals surface area contributed by atoms with Gasteiger partial charge in [-0.2, -0.15) is 0 Å². The topological polar surface area (TPSA) is 90.8 Å². The zero-order valence-electron chi connectivity index (χ0n) is 16.6. The van der Waals surface area contributed by atoms with E-state index in [4.69, 9.17) is 17.3 Å². The third kappa shape index (κ3) is 3.57. The summed E-state index contributed by atoms with van der Waals surface area (Å²) < 4.78 is 0. The molecule has 4 N–H and O–H groups in total. The van der Waals surface area contributed by atoms with Gasteiger partial charge in [-0.05, 0) is 75.1 Å². The number of H-pyrrole nitrogens is 2. The molecule has 154 valence electrons. The number of nitrogens with zero attached hydrogens (tertiary/aromatic N) is 2. The maximum absolute atomic E-state index is 12.4. The van der Waals surface area contributed by atoms with Crippen molar-refractivity contribution in [3.63, 3.8) is 0 Å². The molecule has 5 heterocycles. The minimum absolute atomic E-state index is 0.286. The maximum Gasteiger partial charge on any atom is 0.261 e. The molecular formula is C23H24ClN5O. The molecular weight excluding hydrogens is 398 g/mol. The normalized spacial score (nSPS) is 20.3. The summed E-state index contributed by atoms with van der Waals surface area (Å²) in [5, 5.41) is 1.25. The third-order valence-corrected chi connectivity index (χ3v) is 6.44. The van der Waals surface area contributed by atoms with Crippen LogP contribution in [0.5, 0.6) is 0 Å². The number of anilines is 1. The molecule has 7 heteroatoms. The van der Waals surface area contributed by atoms with Gasteiger partial charge in [0.05, 0.1) is 22.2 Å². The second-order valence-corrected chi connectivity index (χ2v) is 8.55. The molecule has 2 aromatic carbocycles. The number of hydrogen-bond acceptors (Lipinski definition) is 4. The van der Waals surface area contributed by atoms with Crippen molar-refractivity contribution in [3.8, 4) is 11.4 Å². The number of nitrogens with one attached hydrogen (secondary N) is 2. The Morgan fingerprint density at radius 3 is 2.37 bits per heavy atom. The minimum atomic E-state index is -0.286. The molecule has 7 rings (SSSR count). The van der Waals surface area contributed by atoms with Crippen LogP contribution in [0.4, 0.5) is 5.69 Å². The lowest BCUT2D eigenvalue weighted by Crippen LogP contribution is -2.41. The lowest BCUT2D eigenvalue weighted by atomic mass is 9.89. The molecule has 3 fully saturated rings. The SMILES string of the molecule is C1CN2CCC1CC2.Nc1c(-c2nc3ccccc3[nH]2)c(=O)[nH]c2ccc(Cl)cc12. The fraction of sp³-hybridized carbons (Fsp3) is 0.304. The summed E-state index contributed by atoms with van der Waals surface area (Å²) in [4.78, 5) is 25.4. The summed E-state index contributed by atoms with van der Waals surface area (Å²) in [6.07, 6.45) is 4.46. The molecule has 0 aliphatic carbocycles. The van der Waals surface area contributed by atoms with Crippen LogP contribution in [-0.4, -0.2) is 39.5 Å². The third-order valence-electron chi connectivity index (χ3n) is 6.20. The minimum Gasteiger partial charge on any atom is -0.397 e. The molecule has 3 saturated heterocycles. The number of aromatic nitrogens is 3. The Bertz CT molecular complexity index is 1210. The first-order valence-corrected chi connectivity index (χ1v) is 10.7. The quantitative estimate of drug-likeness (QED) is 0.424. The van der Waals surface area contributed by atoms with E-state index in [0.717, 1.165) is 17.0 Å². The van der Waals surface area contributed by atoms with Gasteiger partial charge >= 0.3 is 0 Å². The Kier molecular flexibility index (Phi) is 4.97. The second-order valence-electron chi connectivity index (χ2n) is 8.11. The molecule has 2 aromatic heterocycles. The number of piperidine rings is 3. The predicted molar refractivity (Wildman–Crippen MR) is 123 cm³/mol. The average molecular weight is 422 g/mol. The Balaban J connectivity index is 0.000000200. The fourth-order valence-corrected chi connectivity index (χ4v) is 4.63. The van der Waals surface area contributed by atoms with E-state index in [1.54, 1.807) is 18.2 Å². The van der Waals surface area contributed by atoms with Crippen LogP contribution in [0.1, 0.15) is 19.3 Å². The number of halogens is 1. The second kappa shape index (κ2) is 7.78. The molecule has 3 aliphatic rings. The number of rotatable bonds is 1. The highest BCUT2D eigenvalue weighted by atomic mass is 35.5. The predicted octanol–water partition coefficient (Wildman–Crippen LogP) is 4.41. The number of benzene rings is 2. The van der Waals surface area contributed by atoms with Gasteiger partial charge in [0, 0.05) is 10.4 Å². The summed E-state index contributed by atoms with van der Waals surface area (Å²) in [5.74, 6) is 1.56. The van der Waals surface area contributed by atoms with E-state index in [-0.39, 0.29) is 5.56 Å². The van der Waals surface area contributed by atoms with E-state index in [1.807, 2.05) is 24.3 Å². The van der Waals surface area contributed by atoms with Gasteiger partial charge in [-0.25, -0.2) is 4.98 Å². The number of hydrogen-bond donors (Lipinski definition) is 3. The van der Waals surface area contributed by atoms with Crippen LogP contribution >= 0.6 is 11.6 Å². The van der Waals surface area contributed by atoms with Crippen molar-refractivity contribution in [2.24, 2.45) is 5.92 Å². The number of para-hydroxylation sites is 2. The molecule has 0 spiro atoms.